The second-order valence-corrected chi connectivity index (χ2v) is 5.91. The maximum atomic E-state index is 13.8. The number of pyridine rings is 2. The fourth-order valence-corrected chi connectivity index (χ4v) is 2.95. The Morgan fingerprint density at radius 3 is 2.59 bits per heavy atom. The molecule has 0 atom stereocenters. The molecular formula is C21H14FN3O2. The first-order chi connectivity index (χ1) is 13.1. The summed E-state index contributed by atoms with van der Waals surface area (Å²) in [4.78, 5) is 29.6. The molecule has 132 valence electrons. The number of halogens is 1. The minimum Gasteiger partial charge on any atom is -0.317 e. The molecule has 1 N–H and O–H groups in total. The molecule has 4 rings (SSSR count). The van der Waals surface area contributed by atoms with Gasteiger partial charge >= 0.3 is 0 Å². The van der Waals surface area contributed by atoms with Crippen LogP contribution in [0.15, 0.2) is 79.3 Å². The van der Waals surface area contributed by atoms with Crippen LogP contribution in [-0.2, 0) is 4.79 Å². The number of fused-ring (bicyclic) bond motifs is 1. The zero-order chi connectivity index (χ0) is 18.8. The molecule has 0 radical (unpaired) electrons. The largest absolute Gasteiger partial charge is 0.317 e. The molecule has 0 saturated heterocycles. The minimum absolute atomic E-state index is 0.0420. The van der Waals surface area contributed by atoms with Crippen molar-refractivity contribution in [1.82, 2.24) is 9.38 Å². The highest BCUT2D eigenvalue weighted by molar-refractivity contribution is 6.47. The van der Waals surface area contributed by atoms with Crippen LogP contribution in [0, 0.1) is 5.82 Å². The maximum absolute atomic E-state index is 13.8. The SMILES string of the molecule is O=C(Nc1ccccc1F)C(=O)c1c(-c2cccnc2)cc2ccccn12. The van der Waals surface area contributed by atoms with Gasteiger partial charge in [0.15, 0.2) is 0 Å². The summed E-state index contributed by atoms with van der Waals surface area (Å²) in [6.07, 6.45) is 4.96. The van der Waals surface area contributed by atoms with Crippen LogP contribution >= 0.6 is 0 Å². The van der Waals surface area contributed by atoms with E-state index in [2.05, 4.69) is 10.3 Å². The molecule has 0 bridgehead atoms. The molecule has 0 fully saturated rings. The lowest BCUT2D eigenvalue weighted by atomic mass is 10.1. The molecule has 0 spiro atoms. The van der Waals surface area contributed by atoms with Crippen LogP contribution in [0.4, 0.5) is 10.1 Å². The Bertz CT molecular complexity index is 1150. The van der Waals surface area contributed by atoms with E-state index in [9.17, 15) is 14.0 Å². The van der Waals surface area contributed by atoms with Crippen LogP contribution in [0.25, 0.3) is 16.6 Å². The monoisotopic (exact) mass is 359 g/mol. The average molecular weight is 359 g/mol. The van der Waals surface area contributed by atoms with E-state index in [4.69, 9.17) is 0 Å². The third-order valence-corrected chi connectivity index (χ3v) is 4.20. The fourth-order valence-electron chi connectivity index (χ4n) is 2.95. The first-order valence-corrected chi connectivity index (χ1v) is 8.26. The third kappa shape index (κ3) is 3.08. The van der Waals surface area contributed by atoms with Crippen LogP contribution in [-0.4, -0.2) is 21.1 Å². The summed E-state index contributed by atoms with van der Waals surface area (Å²) < 4.78 is 15.5. The first-order valence-electron chi connectivity index (χ1n) is 8.26. The third-order valence-electron chi connectivity index (χ3n) is 4.20. The minimum atomic E-state index is -0.908. The Morgan fingerprint density at radius 2 is 1.81 bits per heavy atom. The second kappa shape index (κ2) is 6.84. The second-order valence-electron chi connectivity index (χ2n) is 5.91. The van der Waals surface area contributed by atoms with Crippen LogP contribution in [0.5, 0.6) is 0 Å². The Balaban J connectivity index is 1.79. The number of anilines is 1. The van der Waals surface area contributed by atoms with Crippen molar-refractivity contribution in [2.24, 2.45) is 0 Å². The van der Waals surface area contributed by atoms with Gasteiger partial charge in [-0.25, -0.2) is 4.39 Å². The van der Waals surface area contributed by atoms with E-state index in [1.165, 1.54) is 18.2 Å². The first kappa shape index (κ1) is 16.7. The molecule has 3 aromatic heterocycles. The number of nitrogens with zero attached hydrogens (tertiary/aromatic N) is 2. The van der Waals surface area contributed by atoms with Gasteiger partial charge in [-0.1, -0.05) is 24.3 Å². The van der Waals surface area contributed by atoms with Crippen LogP contribution < -0.4 is 5.32 Å². The van der Waals surface area contributed by atoms with E-state index in [1.807, 2.05) is 24.3 Å². The molecule has 0 unspecified atom stereocenters. The lowest BCUT2D eigenvalue weighted by molar-refractivity contribution is -0.112. The molecule has 1 amide bonds. The van der Waals surface area contributed by atoms with Crippen LogP contribution in [0.3, 0.4) is 0 Å². The van der Waals surface area contributed by atoms with Crippen molar-refractivity contribution in [3.05, 3.63) is 90.8 Å². The number of rotatable bonds is 4. The lowest BCUT2D eigenvalue weighted by Crippen LogP contribution is -2.25. The molecule has 0 aliphatic carbocycles. The summed E-state index contributed by atoms with van der Waals surface area (Å²) in [5, 5.41) is 2.35. The highest BCUT2D eigenvalue weighted by atomic mass is 19.1. The van der Waals surface area contributed by atoms with Crippen molar-refractivity contribution in [3.63, 3.8) is 0 Å². The van der Waals surface area contributed by atoms with Gasteiger partial charge in [-0.3, -0.25) is 14.6 Å². The normalized spacial score (nSPS) is 10.7. The van der Waals surface area contributed by atoms with Gasteiger partial charge in [0, 0.05) is 35.2 Å². The number of hydrogen-bond acceptors (Lipinski definition) is 3. The lowest BCUT2D eigenvalue weighted by Gasteiger charge is -2.08. The smallest absolute Gasteiger partial charge is 0.298 e. The number of benzene rings is 1. The maximum Gasteiger partial charge on any atom is 0.298 e. The number of hydrogen-bond donors (Lipinski definition) is 1. The summed E-state index contributed by atoms with van der Waals surface area (Å²) in [7, 11) is 0. The van der Waals surface area contributed by atoms with Crippen molar-refractivity contribution in [1.29, 1.82) is 0 Å². The molecule has 0 aliphatic rings. The van der Waals surface area contributed by atoms with E-state index in [-0.39, 0.29) is 11.4 Å². The summed E-state index contributed by atoms with van der Waals surface area (Å²) in [6.45, 7) is 0. The van der Waals surface area contributed by atoms with Gasteiger partial charge in [0.25, 0.3) is 11.7 Å². The summed E-state index contributed by atoms with van der Waals surface area (Å²) >= 11 is 0. The van der Waals surface area contributed by atoms with E-state index >= 15 is 0 Å². The zero-order valence-corrected chi connectivity index (χ0v) is 14.1. The van der Waals surface area contributed by atoms with E-state index in [0.717, 1.165) is 5.52 Å². The van der Waals surface area contributed by atoms with Crippen molar-refractivity contribution in [2.45, 2.75) is 0 Å². The van der Waals surface area contributed by atoms with Crippen LogP contribution in [0.1, 0.15) is 10.5 Å². The van der Waals surface area contributed by atoms with Gasteiger partial charge in [-0.2, -0.15) is 0 Å². The van der Waals surface area contributed by atoms with Crippen molar-refractivity contribution >= 4 is 22.9 Å². The number of nitrogens with one attached hydrogen (secondary N) is 1. The Morgan fingerprint density at radius 1 is 1.00 bits per heavy atom. The molecule has 4 aromatic rings. The Kier molecular flexibility index (Phi) is 4.22. The Labute approximate surface area is 154 Å². The summed E-state index contributed by atoms with van der Waals surface area (Å²) in [6, 6.07) is 16.5. The fraction of sp³-hybridized carbons (Fsp3) is 0. The Hall–Kier alpha value is -3.80. The highest BCUT2D eigenvalue weighted by Crippen LogP contribution is 2.28. The van der Waals surface area contributed by atoms with E-state index < -0.39 is 17.5 Å². The van der Waals surface area contributed by atoms with Crippen molar-refractivity contribution in [2.75, 3.05) is 5.32 Å². The molecule has 27 heavy (non-hydrogen) atoms. The van der Waals surface area contributed by atoms with Gasteiger partial charge < -0.3 is 9.72 Å². The molecule has 1 aromatic carbocycles. The molecule has 6 heteroatoms. The van der Waals surface area contributed by atoms with Crippen molar-refractivity contribution < 1.29 is 14.0 Å². The van der Waals surface area contributed by atoms with Gasteiger partial charge in [-0.05, 0) is 36.4 Å². The zero-order valence-electron chi connectivity index (χ0n) is 14.1. The summed E-state index contributed by atoms with van der Waals surface area (Å²) in [5.74, 6) is -2.27. The predicted octanol–water partition coefficient (Wildman–Crippen LogP) is 3.96. The van der Waals surface area contributed by atoms with E-state index in [1.54, 1.807) is 41.2 Å². The summed E-state index contributed by atoms with van der Waals surface area (Å²) in [5.41, 5.74) is 2.22. The number of ketones is 1. The van der Waals surface area contributed by atoms with Crippen LogP contribution in [0.2, 0.25) is 0 Å². The number of Topliss-reactive ketones (excluding diaryl/α,β-unsaturated/α-hetero) is 1. The topological polar surface area (TPSA) is 63.5 Å². The number of para-hydroxylation sites is 1. The number of amides is 1. The molecule has 5 nitrogen and oxygen atoms in total. The van der Waals surface area contributed by atoms with Crippen molar-refractivity contribution in [3.8, 4) is 11.1 Å². The van der Waals surface area contributed by atoms with E-state index in [0.29, 0.717) is 11.1 Å². The van der Waals surface area contributed by atoms with Gasteiger partial charge in [0.2, 0.25) is 0 Å². The number of carbonyl (C=O) groups excluding carboxylic acids is 2. The molecule has 0 saturated carbocycles. The molecule has 0 aliphatic heterocycles. The average Bonchev–Trinajstić information content (AvgIpc) is 3.09. The number of carbonyl (C=O) groups is 2. The number of aromatic nitrogens is 2. The highest BCUT2D eigenvalue weighted by Gasteiger charge is 2.25. The molecule has 3 heterocycles. The quantitative estimate of drug-likeness (QED) is 0.443. The van der Waals surface area contributed by atoms with Gasteiger partial charge in [0.05, 0.1) is 5.69 Å². The molecular weight excluding hydrogens is 345 g/mol. The predicted molar refractivity (Wildman–Crippen MR) is 100.0 cm³/mol. The van der Waals surface area contributed by atoms with Gasteiger partial charge in [-0.15, -0.1) is 0 Å². The van der Waals surface area contributed by atoms with Gasteiger partial charge in [0.1, 0.15) is 11.5 Å². The standard InChI is InChI=1S/C21H14FN3O2/c22-17-8-1-2-9-18(17)24-21(27)20(26)19-16(14-6-5-10-23-13-14)12-15-7-3-4-11-25(15)19/h1-13H,(H,24,27).